The molecule has 3 rings (SSSR count). The molecule has 0 unspecified atom stereocenters. The number of anilines is 1. The average molecular weight is 463 g/mol. The van der Waals surface area contributed by atoms with E-state index in [0.717, 1.165) is 10.0 Å². The molecular formula is C24H19BrN2O3. The van der Waals surface area contributed by atoms with Gasteiger partial charge in [-0.25, -0.2) is 0 Å². The molecule has 0 atom stereocenters. The van der Waals surface area contributed by atoms with Crippen molar-refractivity contribution in [3.8, 4) is 17.6 Å². The molecule has 0 bridgehead atoms. The Morgan fingerprint density at radius 3 is 2.50 bits per heavy atom. The Bertz CT molecular complexity index is 1100. The average Bonchev–Trinajstić information content (AvgIpc) is 2.78. The highest BCUT2D eigenvalue weighted by Crippen LogP contribution is 2.30. The van der Waals surface area contributed by atoms with Gasteiger partial charge in [0.2, 0.25) is 0 Å². The van der Waals surface area contributed by atoms with Crippen molar-refractivity contribution in [3.63, 3.8) is 0 Å². The fraction of sp³-hybridized carbons (Fsp3) is 0.0833. The molecule has 0 saturated heterocycles. The van der Waals surface area contributed by atoms with E-state index in [4.69, 9.17) is 9.47 Å². The predicted molar refractivity (Wildman–Crippen MR) is 120 cm³/mol. The molecule has 5 nitrogen and oxygen atoms in total. The zero-order valence-corrected chi connectivity index (χ0v) is 17.8. The summed E-state index contributed by atoms with van der Waals surface area (Å²) in [6.07, 6.45) is 1.51. The summed E-state index contributed by atoms with van der Waals surface area (Å²) in [5, 5.41) is 12.2. The van der Waals surface area contributed by atoms with Gasteiger partial charge >= 0.3 is 0 Å². The van der Waals surface area contributed by atoms with Crippen LogP contribution in [0.2, 0.25) is 0 Å². The Hall–Kier alpha value is -3.56. The normalized spacial score (nSPS) is 10.8. The van der Waals surface area contributed by atoms with Crippen LogP contribution in [0.15, 0.2) is 82.8 Å². The van der Waals surface area contributed by atoms with E-state index in [1.807, 2.05) is 48.5 Å². The van der Waals surface area contributed by atoms with Crippen LogP contribution in [0, 0.1) is 11.3 Å². The molecule has 3 aromatic rings. The van der Waals surface area contributed by atoms with Crippen LogP contribution in [0.4, 0.5) is 5.69 Å². The first kappa shape index (κ1) is 21.2. The van der Waals surface area contributed by atoms with E-state index in [9.17, 15) is 10.1 Å². The van der Waals surface area contributed by atoms with Crippen molar-refractivity contribution < 1.29 is 14.3 Å². The first-order valence-electron chi connectivity index (χ1n) is 9.13. The molecule has 0 spiro atoms. The van der Waals surface area contributed by atoms with Gasteiger partial charge in [0.15, 0.2) is 11.5 Å². The Morgan fingerprint density at radius 2 is 1.80 bits per heavy atom. The summed E-state index contributed by atoms with van der Waals surface area (Å²) in [6.45, 7) is 0.373. The smallest absolute Gasteiger partial charge is 0.266 e. The number of nitrogens with zero attached hydrogens (tertiary/aromatic N) is 1. The molecule has 0 aromatic heterocycles. The van der Waals surface area contributed by atoms with Crippen molar-refractivity contribution in [1.29, 1.82) is 5.26 Å². The second-order valence-corrected chi connectivity index (χ2v) is 7.14. The van der Waals surface area contributed by atoms with Crippen LogP contribution in [0.25, 0.3) is 6.08 Å². The van der Waals surface area contributed by atoms with E-state index in [2.05, 4.69) is 21.2 Å². The molecule has 1 amide bonds. The van der Waals surface area contributed by atoms with Crippen molar-refractivity contribution in [1.82, 2.24) is 0 Å². The van der Waals surface area contributed by atoms with Crippen LogP contribution >= 0.6 is 15.9 Å². The SMILES string of the molecule is COc1ccc(/C=C(\C#N)C(=O)Nc2ccccc2Br)cc1OCc1ccccc1. The maximum atomic E-state index is 12.5. The van der Waals surface area contributed by atoms with Crippen molar-refractivity contribution in [2.24, 2.45) is 0 Å². The highest BCUT2D eigenvalue weighted by atomic mass is 79.9. The number of benzene rings is 3. The van der Waals surface area contributed by atoms with Gasteiger partial charge in [-0.05, 0) is 57.4 Å². The third-order valence-corrected chi connectivity index (χ3v) is 4.91. The molecule has 0 fully saturated rings. The van der Waals surface area contributed by atoms with E-state index in [0.29, 0.717) is 29.4 Å². The number of hydrogen-bond donors (Lipinski definition) is 1. The van der Waals surface area contributed by atoms with Crippen LogP contribution in [-0.4, -0.2) is 13.0 Å². The molecule has 0 aliphatic rings. The van der Waals surface area contributed by atoms with Gasteiger partial charge in [-0.15, -0.1) is 0 Å². The summed E-state index contributed by atoms with van der Waals surface area (Å²) in [4.78, 5) is 12.5. The van der Waals surface area contributed by atoms with Gasteiger partial charge in [0.1, 0.15) is 18.2 Å². The minimum Gasteiger partial charge on any atom is -0.493 e. The summed E-state index contributed by atoms with van der Waals surface area (Å²) < 4.78 is 12.0. The summed E-state index contributed by atoms with van der Waals surface area (Å²) >= 11 is 3.38. The van der Waals surface area contributed by atoms with Crippen molar-refractivity contribution in [3.05, 3.63) is 94.0 Å². The molecule has 0 radical (unpaired) electrons. The van der Waals surface area contributed by atoms with Crippen molar-refractivity contribution >= 4 is 33.6 Å². The third kappa shape index (κ3) is 5.49. The third-order valence-electron chi connectivity index (χ3n) is 4.22. The highest BCUT2D eigenvalue weighted by molar-refractivity contribution is 9.10. The largest absolute Gasteiger partial charge is 0.493 e. The lowest BCUT2D eigenvalue weighted by atomic mass is 10.1. The second-order valence-electron chi connectivity index (χ2n) is 6.29. The maximum Gasteiger partial charge on any atom is 0.266 e. The Morgan fingerprint density at radius 1 is 1.07 bits per heavy atom. The van der Waals surface area contributed by atoms with Crippen molar-refractivity contribution in [2.45, 2.75) is 6.61 Å². The van der Waals surface area contributed by atoms with E-state index >= 15 is 0 Å². The fourth-order valence-electron chi connectivity index (χ4n) is 2.70. The zero-order valence-electron chi connectivity index (χ0n) is 16.3. The maximum absolute atomic E-state index is 12.5. The molecular weight excluding hydrogens is 444 g/mol. The second kappa shape index (κ2) is 10.3. The van der Waals surface area contributed by atoms with Crippen LogP contribution in [-0.2, 0) is 11.4 Å². The van der Waals surface area contributed by atoms with Gasteiger partial charge in [0, 0.05) is 4.47 Å². The number of hydrogen-bond acceptors (Lipinski definition) is 4. The molecule has 0 aliphatic carbocycles. The number of para-hydroxylation sites is 1. The molecule has 30 heavy (non-hydrogen) atoms. The summed E-state index contributed by atoms with van der Waals surface area (Å²) in [6, 6.07) is 24.2. The number of halogens is 1. The van der Waals surface area contributed by atoms with E-state index in [1.54, 1.807) is 37.4 Å². The number of methoxy groups -OCH3 is 1. The zero-order chi connectivity index (χ0) is 21.3. The lowest BCUT2D eigenvalue weighted by Gasteiger charge is -2.12. The minimum atomic E-state index is -0.494. The monoisotopic (exact) mass is 462 g/mol. The van der Waals surface area contributed by atoms with Crippen LogP contribution in [0.5, 0.6) is 11.5 Å². The summed E-state index contributed by atoms with van der Waals surface area (Å²) in [5.41, 5.74) is 2.24. The number of nitrogens with one attached hydrogen (secondary N) is 1. The number of nitriles is 1. The first-order valence-corrected chi connectivity index (χ1v) is 9.92. The number of rotatable bonds is 7. The van der Waals surface area contributed by atoms with Crippen molar-refractivity contribution in [2.75, 3.05) is 12.4 Å². The Kier molecular flexibility index (Phi) is 7.25. The molecule has 150 valence electrons. The fourth-order valence-corrected chi connectivity index (χ4v) is 3.08. The van der Waals surface area contributed by atoms with Gasteiger partial charge < -0.3 is 14.8 Å². The minimum absolute atomic E-state index is 0.0232. The van der Waals surface area contributed by atoms with Gasteiger partial charge in [-0.3, -0.25) is 4.79 Å². The van der Waals surface area contributed by atoms with Crippen LogP contribution in [0.1, 0.15) is 11.1 Å². The van der Waals surface area contributed by atoms with Gasteiger partial charge in [-0.1, -0.05) is 48.5 Å². The lowest BCUT2D eigenvalue weighted by Crippen LogP contribution is -2.13. The number of amides is 1. The summed E-state index contributed by atoms with van der Waals surface area (Å²) in [5.74, 6) is 0.602. The topological polar surface area (TPSA) is 71.3 Å². The van der Waals surface area contributed by atoms with E-state index < -0.39 is 5.91 Å². The molecule has 0 heterocycles. The molecule has 0 saturated carbocycles. The molecule has 3 aromatic carbocycles. The molecule has 6 heteroatoms. The van der Waals surface area contributed by atoms with Gasteiger partial charge in [0.25, 0.3) is 5.91 Å². The molecule has 1 N–H and O–H groups in total. The van der Waals surface area contributed by atoms with Gasteiger partial charge in [0.05, 0.1) is 12.8 Å². The van der Waals surface area contributed by atoms with Gasteiger partial charge in [-0.2, -0.15) is 5.26 Å². The first-order chi connectivity index (χ1) is 14.6. The van der Waals surface area contributed by atoms with Crippen LogP contribution < -0.4 is 14.8 Å². The molecule has 0 aliphatic heterocycles. The quantitative estimate of drug-likeness (QED) is 0.367. The van der Waals surface area contributed by atoms with E-state index in [1.165, 1.54) is 6.08 Å². The lowest BCUT2D eigenvalue weighted by molar-refractivity contribution is -0.112. The Labute approximate surface area is 183 Å². The highest BCUT2D eigenvalue weighted by Gasteiger charge is 2.12. The number of ether oxygens (including phenoxy) is 2. The Balaban J connectivity index is 1.81. The standard InChI is InChI=1S/C24H19BrN2O3/c1-29-22-12-11-18(14-23(22)30-16-17-7-3-2-4-8-17)13-19(15-26)24(28)27-21-10-6-5-9-20(21)25/h2-14H,16H2,1H3,(H,27,28)/b19-13+. The van der Waals surface area contributed by atoms with E-state index in [-0.39, 0.29) is 5.57 Å². The number of carbonyl (C=O) groups is 1. The van der Waals surface area contributed by atoms with Crippen LogP contribution in [0.3, 0.4) is 0 Å². The predicted octanol–water partition coefficient (Wildman–Crippen LogP) is 5.58. The summed E-state index contributed by atoms with van der Waals surface area (Å²) in [7, 11) is 1.56. The number of carbonyl (C=O) groups excluding carboxylic acids is 1.